The molecule has 3 unspecified atom stereocenters. The summed E-state index contributed by atoms with van der Waals surface area (Å²) in [6, 6.07) is 9.68. The van der Waals surface area contributed by atoms with E-state index in [-0.39, 0.29) is 5.54 Å². The summed E-state index contributed by atoms with van der Waals surface area (Å²) in [5.74, 6) is 0.672. The summed E-state index contributed by atoms with van der Waals surface area (Å²) in [6.07, 6.45) is 6.49. The molecule has 110 valence electrons. The lowest BCUT2D eigenvalue weighted by atomic mass is 9.70. The van der Waals surface area contributed by atoms with E-state index in [1.165, 1.54) is 49.8 Å². The molecule has 2 N–H and O–H groups in total. The third-order valence-corrected chi connectivity index (χ3v) is 5.67. The minimum atomic E-state index is 0.0862. The van der Waals surface area contributed by atoms with Gasteiger partial charge in [0.1, 0.15) is 0 Å². The van der Waals surface area contributed by atoms with E-state index in [2.05, 4.69) is 43.0 Å². The van der Waals surface area contributed by atoms with E-state index < -0.39 is 0 Å². The molecule has 0 aromatic heterocycles. The lowest BCUT2D eigenvalue weighted by Gasteiger charge is -2.52. The average Bonchev–Trinajstić information content (AvgIpc) is 2.50. The number of piperidine rings is 1. The number of benzene rings is 1. The first-order valence-electron chi connectivity index (χ1n) is 8.25. The lowest BCUT2D eigenvalue weighted by molar-refractivity contribution is 0.0121. The zero-order valence-electron chi connectivity index (χ0n) is 12.9. The van der Waals surface area contributed by atoms with E-state index in [4.69, 9.17) is 5.73 Å². The molecule has 0 spiro atoms. The van der Waals surface area contributed by atoms with Crippen LogP contribution in [-0.4, -0.2) is 24.0 Å². The molecule has 1 aliphatic carbocycles. The van der Waals surface area contributed by atoms with Gasteiger partial charge in [0.2, 0.25) is 0 Å². The van der Waals surface area contributed by atoms with Gasteiger partial charge in [-0.15, -0.1) is 0 Å². The Morgan fingerprint density at radius 3 is 2.75 bits per heavy atom. The van der Waals surface area contributed by atoms with Crippen LogP contribution in [0.1, 0.15) is 63.0 Å². The van der Waals surface area contributed by atoms with Gasteiger partial charge in [-0.1, -0.05) is 37.6 Å². The van der Waals surface area contributed by atoms with Crippen LogP contribution in [0.3, 0.4) is 0 Å². The summed E-state index contributed by atoms with van der Waals surface area (Å²) < 4.78 is 0. The van der Waals surface area contributed by atoms with E-state index >= 15 is 0 Å². The molecule has 20 heavy (non-hydrogen) atoms. The Balaban J connectivity index is 2.06. The van der Waals surface area contributed by atoms with E-state index in [1.54, 1.807) is 0 Å². The molecule has 3 atom stereocenters. The summed E-state index contributed by atoms with van der Waals surface area (Å²) in [5.41, 5.74) is 9.48. The smallest absolute Gasteiger partial charge is 0.0589 e. The number of fused-ring (bicyclic) bond motifs is 1. The van der Waals surface area contributed by atoms with Crippen molar-refractivity contribution < 1.29 is 0 Å². The lowest BCUT2D eigenvalue weighted by Crippen LogP contribution is -2.57. The third-order valence-electron chi connectivity index (χ3n) is 5.67. The Kier molecular flexibility index (Phi) is 3.87. The van der Waals surface area contributed by atoms with Crippen LogP contribution >= 0.6 is 0 Å². The van der Waals surface area contributed by atoms with Crippen LogP contribution in [0.5, 0.6) is 0 Å². The second kappa shape index (κ2) is 5.50. The molecule has 1 aromatic rings. The highest BCUT2D eigenvalue weighted by Crippen LogP contribution is 2.46. The Hall–Kier alpha value is -0.860. The standard InChI is InChI=1S/C18H28N2/c1-14-10-11-18(13-19,17-9-4-3-8-16(14)17)20-12-6-5-7-15(20)2/h3-4,8-9,14-15H,5-7,10-13,19H2,1-2H3. The van der Waals surface area contributed by atoms with Gasteiger partial charge in [0.05, 0.1) is 5.54 Å². The minimum absolute atomic E-state index is 0.0862. The molecule has 2 aliphatic rings. The SMILES string of the molecule is CC1CCC(CN)(N2CCCCC2C)c2ccccc21. The quantitative estimate of drug-likeness (QED) is 0.891. The van der Waals surface area contributed by atoms with Crippen molar-refractivity contribution in [3.63, 3.8) is 0 Å². The molecule has 0 bridgehead atoms. The molecule has 2 heteroatoms. The van der Waals surface area contributed by atoms with Gasteiger partial charge in [0.25, 0.3) is 0 Å². The van der Waals surface area contributed by atoms with E-state index in [1.807, 2.05) is 0 Å². The van der Waals surface area contributed by atoms with Crippen LogP contribution in [0.4, 0.5) is 0 Å². The van der Waals surface area contributed by atoms with Gasteiger partial charge >= 0.3 is 0 Å². The number of rotatable bonds is 2. The van der Waals surface area contributed by atoms with Crippen LogP contribution in [0.15, 0.2) is 24.3 Å². The van der Waals surface area contributed by atoms with E-state index in [0.717, 1.165) is 6.54 Å². The molecule has 1 aliphatic heterocycles. The molecule has 1 saturated heterocycles. The molecule has 3 rings (SSSR count). The van der Waals surface area contributed by atoms with Gasteiger partial charge in [-0.05, 0) is 56.2 Å². The molecule has 1 fully saturated rings. The summed E-state index contributed by atoms with van der Waals surface area (Å²) in [6.45, 7) is 6.71. The van der Waals surface area contributed by atoms with Gasteiger partial charge in [-0.25, -0.2) is 0 Å². The fourth-order valence-electron chi connectivity index (χ4n) is 4.46. The van der Waals surface area contributed by atoms with Crippen LogP contribution in [-0.2, 0) is 5.54 Å². The first-order valence-corrected chi connectivity index (χ1v) is 8.25. The minimum Gasteiger partial charge on any atom is -0.328 e. The first-order chi connectivity index (χ1) is 9.69. The number of likely N-dealkylation sites (tertiary alicyclic amines) is 1. The van der Waals surface area contributed by atoms with Crippen LogP contribution in [0.25, 0.3) is 0 Å². The van der Waals surface area contributed by atoms with Crippen molar-refractivity contribution in [1.29, 1.82) is 0 Å². The molecular weight excluding hydrogens is 244 g/mol. The van der Waals surface area contributed by atoms with Gasteiger partial charge in [-0.3, -0.25) is 4.90 Å². The number of hydrogen-bond acceptors (Lipinski definition) is 2. The summed E-state index contributed by atoms with van der Waals surface area (Å²) in [4.78, 5) is 2.72. The van der Waals surface area contributed by atoms with E-state index in [9.17, 15) is 0 Å². The number of nitrogens with zero attached hydrogens (tertiary/aromatic N) is 1. The molecular formula is C18H28N2. The van der Waals surface area contributed by atoms with Crippen LogP contribution in [0.2, 0.25) is 0 Å². The molecule has 1 aromatic carbocycles. The summed E-state index contributed by atoms with van der Waals surface area (Å²) in [5, 5.41) is 0. The highest BCUT2D eigenvalue weighted by Gasteiger charge is 2.44. The zero-order chi connectivity index (χ0) is 14.2. The molecule has 0 radical (unpaired) electrons. The van der Waals surface area contributed by atoms with Gasteiger partial charge in [-0.2, -0.15) is 0 Å². The van der Waals surface area contributed by atoms with Crippen molar-refractivity contribution in [3.05, 3.63) is 35.4 Å². The average molecular weight is 272 g/mol. The van der Waals surface area contributed by atoms with Crippen molar-refractivity contribution in [1.82, 2.24) is 4.90 Å². The van der Waals surface area contributed by atoms with Crippen molar-refractivity contribution >= 4 is 0 Å². The maximum atomic E-state index is 6.35. The summed E-state index contributed by atoms with van der Waals surface area (Å²) in [7, 11) is 0. The largest absolute Gasteiger partial charge is 0.328 e. The predicted molar refractivity (Wildman–Crippen MR) is 84.8 cm³/mol. The van der Waals surface area contributed by atoms with E-state index in [0.29, 0.717) is 12.0 Å². The Labute approximate surface area is 123 Å². The van der Waals surface area contributed by atoms with Gasteiger partial charge in [0.15, 0.2) is 0 Å². The Morgan fingerprint density at radius 1 is 1.20 bits per heavy atom. The molecule has 0 amide bonds. The maximum absolute atomic E-state index is 6.35. The Morgan fingerprint density at radius 2 is 2.00 bits per heavy atom. The topological polar surface area (TPSA) is 29.3 Å². The molecule has 2 nitrogen and oxygen atoms in total. The predicted octanol–water partition coefficient (Wildman–Crippen LogP) is 3.61. The third kappa shape index (κ3) is 2.10. The van der Waals surface area contributed by atoms with Gasteiger partial charge in [0, 0.05) is 12.6 Å². The number of hydrogen-bond donors (Lipinski definition) is 1. The fourth-order valence-corrected chi connectivity index (χ4v) is 4.46. The summed E-state index contributed by atoms with van der Waals surface area (Å²) >= 11 is 0. The van der Waals surface area contributed by atoms with Crippen molar-refractivity contribution in [2.24, 2.45) is 5.73 Å². The van der Waals surface area contributed by atoms with Crippen molar-refractivity contribution in [2.75, 3.05) is 13.1 Å². The number of nitrogens with two attached hydrogens (primary N) is 1. The Bertz CT molecular complexity index is 470. The second-order valence-corrected chi connectivity index (χ2v) is 6.80. The van der Waals surface area contributed by atoms with Crippen molar-refractivity contribution in [2.45, 2.75) is 63.5 Å². The molecule has 1 heterocycles. The van der Waals surface area contributed by atoms with Crippen molar-refractivity contribution in [3.8, 4) is 0 Å². The zero-order valence-corrected chi connectivity index (χ0v) is 12.9. The van der Waals surface area contributed by atoms with Crippen LogP contribution in [0, 0.1) is 0 Å². The van der Waals surface area contributed by atoms with Crippen LogP contribution < -0.4 is 5.73 Å². The molecule has 0 saturated carbocycles. The maximum Gasteiger partial charge on any atom is 0.0589 e. The first kappa shape index (κ1) is 14.1. The van der Waals surface area contributed by atoms with Gasteiger partial charge < -0.3 is 5.73 Å². The second-order valence-electron chi connectivity index (χ2n) is 6.80. The monoisotopic (exact) mass is 272 g/mol. The normalized spacial score (nSPS) is 34.8. The highest BCUT2D eigenvalue weighted by molar-refractivity contribution is 5.39. The highest BCUT2D eigenvalue weighted by atomic mass is 15.2. The fraction of sp³-hybridized carbons (Fsp3) is 0.667.